The summed E-state index contributed by atoms with van der Waals surface area (Å²) in [5.74, 6) is 0.922. The molecule has 0 radical (unpaired) electrons. The number of nitrogens with one attached hydrogen (secondary N) is 1. The number of aromatic nitrogens is 2. The first-order valence-electron chi connectivity index (χ1n) is 4.12. The van der Waals surface area contributed by atoms with Crippen molar-refractivity contribution >= 4 is 38.9 Å². The van der Waals surface area contributed by atoms with E-state index >= 15 is 0 Å². The number of H-pyrrole nitrogens is 1. The Bertz CT molecular complexity index is 399. The molecule has 1 unspecified atom stereocenters. The molecule has 2 aromatic heterocycles. The first-order chi connectivity index (χ1) is 6.77. The molecule has 0 aliphatic heterocycles. The molecule has 2 heterocycles. The summed E-state index contributed by atoms with van der Waals surface area (Å²) in [6, 6.07) is 2.01. The van der Waals surface area contributed by atoms with Crippen molar-refractivity contribution in [3.8, 4) is 0 Å². The molecule has 0 aromatic carbocycles. The lowest BCUT2D eigenvalue weighted by atomic mass is 10.2. The van der Waals surface area contributed by atoms with Crippen molar-refractivity contribution in [2.24, 2.45) is 0 Å². The van der Waals surface area contributed by atoms with Crippen molar-refractivity contribution in [2.75, 3.05) is 0 Å². The smallest absolute Gasteiger partial charge is 0.107 e. The third kappa shape index (κ3) is 2.19. The number of nitrogens with zero attached hydrogens (tertiary/aromatic N) is 1. The van der Waals surface area contributed by atoms with E-state index in [0.717, 1.165) is 21.6 Å². The molecule has 2 aromatic rings. The zero-order chi connectivity index (χ0) is 9.97. The Morgan fingerprint density at radius 1 is 1.64 bits per heavy atom. The maximum Gasteiger partial charge on any atom is 0.107 e. The summed E-state index contributed by atoms with van der Waals surface area (Å²) in [7, 11) is 0. The predicted molar refractivity (Wildman–Crippen MR) is 62.9 cm³/mol. The maximum atomic E-state index is 6.26. The van der Waals surface area contributed by atoms with Gasteiger partial charge in [-0.05, 0) is 27.4 Å². The minimum absolute atomic E-state index is 0.0180. The minimum Gasteiger partial charge on any atom is -0.349 e. The Labute approximate surface area is 99.5 Å². The van der Waals surface area contributed by atoms with Crippen LogP contribution in [0.25, 0.3) is 0 Å². The molecule has 1 N–H and O–H groups in total. The van der Waals surface area contributed by atoms with Gasteiger partial charge in [0.2, 0.25) is 0 Å². The van der Waals surface area contributed by atoms with Crippen LogP contribution in [0.1, 0.15) is 16.1 Å². The Kier molecular flexibility index (Phi) is 3.26. The number of rotatable bonds is 3. The van der Waals surface area contributed by atoms with Crippen molar-refractivity contribution < 1.29 is 0 Å². The van der Waals surface area contributed by atoms with E-state index in [4.69, 9.17) is 11.6 Å². The number of halogens is 2. The van der Waals surface area contributed by atoms with E-state index in [0.29, 0.717) is 0 Å². The molecule has 5 heteroatoms. The van der Waals surface area contributed by atoms with Crippen molar-refractivity contribution in [1.82, 2.24) is 9.97 Å². The molecule has 2 rings (SSSR count). The Hall–Kier alpha value is -0.320. The Morgan fingerprint density at radius 2 is 2.50 bits per heavy atom. The van der Waals surface area contributed by atoms with Gasteiger partial charge in [0.15, 0.2) is 0 Å². The fourth-order valence-corrected chi connectivity index (χ4v) is 3.38. The van der Waals surface area contributed by atoms with Gasteiger partial charge in [-0.2, -0.15) is 0 Å². The Balaban J connectivity index is 2.10. The lowest BCUT2D eigenvalue weighted by Gasteiger charge is -2.05. The molecule has 74 valence electrons. The van der Waals surface area contributed by atoms with Gasteiger partial charge in [-0.1, -0.05) is 0 Å². The first-order valence-corrected chi connectivity index (χ1v) is 6.23. The van der Waals surface area contributed by atoms with Gasteiger partial charge in [0.05, 0.1) is 5.38 Å². The molecule has 0 saturated carbocycles. The predicted octanol–water partition coefficient (Wildman–Crippen LogP) is 3.76. The average Bonchev–Trinajstić information content (AvgIpc) is 2.75. The first kappa shape index (κ1) is 10.2. The van der Waals surface area contributed by atoms with E-state index in [-0.39, 0.29) is 5.38 Å². The number of thiophene rings is 1. The van der Waals surface area contributed by atoms with Gasteiger partial charge in [0, 0.05) is 28.2 Å². The molecule has 0 bridgehead atoms. The average molecular weight is 292 g/mol. The van der Waals surface area contributed by atoms with Gasteiger partial charge in [0.25, 0.3) is 0 Å². The van der Waals surface area contributed by atoms with Gasteiger partial charge in [-0.25, -0.2) is 4.98 Å². The van der Waals surface area contributed by atoms with E-state index in [9.17, 15) is 0 Å². The second kappa shape index (κ2) is 4.47. The fourth-order valence-electron chi connectivity index (χ4n) is 1.20. The van der Waals surface area contributed by atoms with Crippen LogP contribution in [-0.2, 0) is 6.42 Å². The van der Waals surface area contributed by atoms with Crippen molar-refractivity contribution in [3.63, 3.8) is 0 Å². The number of alkyl halides is 1. The molecular formula is C9H8BrClN2S. The summed E-state index contributed by atoms with van der Waals surface area (Å²) in [5.41, 5.74) is 0. The van der Waals surface area contributed by atoms with E-state index in [1.807, 2.05) is 17.6 Å². The monoisotopic (exact) mass is 290 g/mol. The highest BCUT2D eigenvalue weighted by Crippen LogP contribution is 2.34. The molecule has 0 aliphatic rings. The third-order valence-electron chi connectivity index (χ3n) is 1.86. The van der Waals surface area contributed by atoms with E-state index in [1.54, 1.807) is 17.5 Å². The summed E-state index contributed by atoms with van der Waals surface area (Å²) in [6.45, 7) is 0. The van der Waals surface area contributed by atoms with Crippen LogP contribution in [0, 0.1) is 0 Å². The highest BCUT2D eigenvalue weighted by Gasteiger charge is 2.14. The van der Waals surface area contributed by atoms with Crippen LogP contribution < -0.4 is 0 Å². The molecule has 1 atom stereocenters. The second-order valence-electron chi connectivity index (χ2n) is 2.84. The summed E-state index contributed by atoms with van der Waals surface area (Å²) >= 11 is 11.4. The zero-order valence-electron chi connectivity index (χ0n) is 7.21. The highest BCUT2D eigenvalue weighted by atomic mass is 79.9. The molecule has 0 fully saturated rings. The molecule has 0 aliphatic carbocycles. The van der Waals surface area contributed by atoms with E-state index in [2.05, 4.69) is 25.9 Å². The number of imidazole rings is 1. The minimum atomic E-state index is -0.0180. The lowest BCUT2D eigenvalue weighted by molar-refractivity contribution is 0.865. The van der Waals surface area contributed by atoms with Crippen LogP contribution >= 0.6 is 38.9 Å². The van der Waals surface area contributed by atoms with Gasteiger partial charge in [0.1, 0.15) is 5.82 Å². The van der Waals surface area contributed by atoms with Crippen molar-refractivity contribution in [3.05, 3.63) is 39.0 Å². The molecule has 14 heavy (non-hydrogen) atoms. The second-order valence-corrected chi connectivity index (χ2v) is 5.17. The van der Waals surface area contributed by atoms with E-state index in [1.165, 1.54) is 0 Å². The van der Waals surface area contributed by atoms with Crippen LogP contribution in [0.15, 0.2) is 28.3 Å². The third-order valence-corrected chi connectivity index (χ3v) is 4.34. The number of aromatic amines is 1. The van der Waals surface area contributed by atoms with Crippen molar-refractivity contribution in [2.45, 2.75) is 11.8 Å². The summed E-state index contributed by atoms with van der Waals surface area (Å²) in [6.07, 6.45) is 4.28. The molecule has 0 saturated heterocycles. The van der Waals surface area contributed by atoms with Gasteiger partial charge < -0.3 is 4.98 Å². The van der Waals surface area contributed by atoms with Crippen molar-refractivity contribution in [1.29, 1.82) is 0 Å². The molecular weight excluding hydrogens is 284 g/mol. The quantitative estimate of drug-likeness (QED) is 0.857. The summed E-state index contributed by atoms with van der Waals surface area (Å²) < 4.78 is 1.08. The topological polar surface area (TPSA) is 28.7 Å². The van der Waals surface area contributed by atoms with Crippen LogP contribution in [-0.4, -0.2) is 9.97 Å². The fraction of sp³-hybridized carbons (Fsp3) is 0.222. The molecule has 0 amide bonds. The number of hydrogen-bond acceptors (Lipinski definition) is 2. The van der Waals surface area contributed by atoms with Gasteiger partial charge >= 0.3 is 0 Å². The van der Waals surface area contributed by atoms with Crippen LogP contribution in [0.2, 0.25) is 0 Å². The van der Waals surface area contributed by atoms with Crippen LogP contribution in [0.3, 0.4) is 0 Å². The highest BCUT2D eigenvalue weighted by molar-refractivity contribution is 9.10. The summed E-state index contributed by atoms with van der Waals surface area (Å²) in [5, 5.41) is 2.01. The lowest BCUT2D eigenvalue weighted by Crippen LogP contribution is -1.95. The van der Waals surface area contributed by atoms with Crippen LogP contribution in [0.5, 0.6) is 0 Å². The zero-order valence-corrected chi connectivity index (χ0v) is 10.4. The maximum absolute atomic E-state index is 6.26. The molecule has 2 nitrogen and oxygen atoms in total. The van der Waals surface area contributed by atoms with Gasteiger partial charge in [-0.3, -0.25) is 0 Å². The van der Waals surface area contributed by atoms with E-state index < -0.39 is 0 Å². The van der Waals surface area contributed by atoms with Gasteiger partial charge in [-0.15, -0.1) is 22.9 Å². The number of hydrogen-bond donors (Lipinski definition) is 1. The molecule has 0 spiro atoms. The largest absolute Gasteiger partial charge is 0.349 e. The Morgan fingerprint density at radius 3 is 3.07 bits per heavy atom. The normalized spacial score (nSPS) is 13.0. The van der Waals surface area contributed by atoms with Crippen LogP contribution in [0.4, 0.5) is 0 Å². The SMILES string of the molecule is ClC(Cc1ncc[nH]1)c1sccc1Br. The summed E-state index contributed by atoms with van der Waals surface area (Å²) in [4.78, 5) is 8.34. The standard InChI is InChI=1S/C9H8BrClN2S/c10-6-1-4-14-9(6)7(11)5-8-12-2-3-13-8/h1-4,7H,5H2,(H,12,13).